The van der Waals surface area contributed by atoms with Gasteiger partial charge < -0.3 is 5.32 Å². The third-order valence-corrected chi connectivity index (χ3v) is 4.50. The third kappa shape index (κ3) is 2.03. The van der Waals surface area contributed by atoms with Crippen molar-refractivity contribution in [1.82, 2.24) is 9.62 Å². The second-order valence-corrected chi connectivity index (χ2v) is 6.01. The van der Waals surface area contributed by atoms with E-state index in [9.17, 15) is 8.42 Å². The monoisotopic (exact) mass is 204 g/mol. The summed E-state index contributed by atoms with van der Waals surface area (Å²) in [6.07, 6.45) is 2.10. The van der Waals surface area contributed by atoms with Crippen LogP contribution in [0, 0.1) is 0 Å². The highest BCUT2D eigenvalue weighted by atomic mass is 32.2. The SMILES string of the molecule is CC1CN(C2CC2)S(=O)(=O)CCN1. The summed E-state index contributed by atoms with van der Waals surface area (Å²) in [5.74, 6) is 0.258. The summed E-state index contributed by atoms with van der Waals surface area (Å²) in [7, 11) is -2.96. The van der Waals surface area contributed by atoms with Gasteiger partial charge in [-0.25, -0.2) is 8.42 Å². The second kappa shape index (κ2) is 3.22. The zero-order chi connectivity index (χ0) is 9.47. The van der Waals surface area contributed by atoms with Crippen LogP contribution in [-0.4, -0.2) is 43.6 Å². The van der Waals surface area contributed by atoms with Crippen molar-refractivity contribution in [3.8, 4) is 0 Å². The predicted molar refractivity (Wildman–Crippen MR) is 51.0 cm³/mol. The van der Waals surface area contributed by atoms with Crippen LogP contribution in [0.3, 0.4) is 0 Å². The molecular formula is C8H16N2O2S. The van der Waals surface area contributed by atoms with Gasteiger partial charge in [-0.2, -0.15) is 4.31 Å². The van der Waals surface area contributed by atoms with Gasteiger partial charge in [0.05, 0.1) is 5.75 Å². The van der Waals surface area contributed by atoms with Gasteiger partial charge in [-0.05, 0) is 19.8 Å². The Morgan fingerprint density at radius 1 is 1.38 bits per heavy atom. The topological polar surface area (TPSA) is 49.4 Å². The summed E-state index contributed by atoms with van der Waals surface area (Å²) >= 11 is 0. The molecule has 0 bridgehead atoms. The number of nitrogens with zero attached hydrogens (tertiary/aromatic N) is 1. The maximum Gasteiger partial charge on any atom is 0.215 e. The highest BCUT2D eigenvalue weighted by molar-refractivity contribution is 7.89. The Labute approximate surface area is 79.4 Å². The maximum absolute atomic E-state index is 11.7. The standard InChI is InChI=1S/C8H16N2O2S/c1-7-6-10(8-2-3-8)13(11,12)5-4-9-7/h7-9H,2-6H2,1H3. The molecule has 0 aromatic carbocycles. The molecule has 1 atom stereocenters. The Bertz CT molecular complexity index is 285. The highest BCUT2D eigenvalue weighted by Gasteiger charge is 2.38. The number of nitrogens with one attached hydrogen (secondary N) is 1. The van der Waals surface area contributed by atoms with Crippen LogP contribution in [0.15, 0.2) is 0 Å². The molecule has 2 rings (SSSR count). The van der Waals surface area contributed by atoms with Crippen LogP contribution in [0.4, 0.5) is 0 Å². The van der Waals surface area contributed by atoms with E-state index in [2.05, 4.69) is 5.32 Å². The normalized spacial score (nSPS) is 35.6. The average Bonchev–Trinajstić information content (AvgIpc) is 2.80. The van der Waals surface area contributed by atoms with Crippen molar-refractivity contribution in [2.24, 2.45) is 0 Å². The first-order valence-electron chi connectivity index (χ1n) is 4.82. The van der Waals surface area contributed by atoms with Gasteiger partial charge in [0.2, 0.25) is 10.0 Å². The predicted octanol–water partition coefficient (Wildman–Crippen LogP) is -0.228. The molecule has 1 saturated heterocycles. The van der Waals surface area contributed by atoms with E-state index >= 15 is 0 Å². The summed E-state index contributed by atoms with van der Waals surface area (Å²) in [4.78, 5) is 0. The Hall–Kier alpha value is -0.130. The number of hydrogen-bond donors (Lipinski definition) is 1. The lowest BCUT2D eigenvalue weighted by atomic mass is 10.3. The molecule has 1 aliphatic heterocycles. The molecule has 4 nitrogen and oxygen atoms in total. The smallest absolute Gasteiger partial charge is 0.215 e. The molecule has 0 spiro atoms. The molecule has 0 radical (unpaired) electrons. The van der Waals surface area contributed by atoms with Gasteiger partial charge >= 0.3 is 0 Å². The Balaban J connectivity index is 2.17. The van der Waals surface area contributed by atoms with E-state index in [4.69, 9.17) is 0 Å². The fourth-order valence-electron chi connectivity index (χ4n) is 1.74. The van der Waals surface area contributed by atoms with Gasteiger partial charge in [-0.1, -0.05) is 0 Å². The zero-order valence-electron chi connectivity index (χ0n) is 7.86. The van der Waals surface area contributed by atoms with E-state index < -0.39 is 10.0 Å². The fraction of sp³-hybridized carbons (Fsp3) is 1.00. The van der Waals surface area contributed by atoms with E-state index in [1.54, 1.807) is 4.31 Å². The molecule has 2 aliphatic rings. The first-order valence-corrected chi connectivity index (χ1v) is 6.43. The molecule has 1 unspecified atom stereocenters. The molecule has 1 N–H and O–H groups in total. The van der Waals surface area contributed by atoms with Crippen LogP contribution in [0.1, 0.15) is 19.8 Å². The van der Waals surface area contributed by atoms with E-state index in [0.717, 1.165) is 12.8 Å². The average molecular weight is 204 g/mol. The highest BCUT2D eigenvalue weighted by Crippen LogP contribution is 2.30. The maximum atomic E-state index is 11.7. The second-order valence-electron chi connectivity index (χ2n) is 3.97. The van der Waals surface area contributed by atoms with Gasteiger partial charge in [0, 0.05) is 25.2 Å². The molecule has 1 aliphatic carbocycles. The lowest BCUT2D eigenvalue weighted by Crippen LogP contribution is -2.38. The van der Waals surface area contributed by atoms with Crippen LogP contribution in [-0.2, 0) is 10.0 Å². The molecule has 1 saturated carbocycles. The summed E-state index contributed by atoms with van der Waals surface area (Å²) in [6, 6.07) is 0.602. The van der Waals surface area contributed by atoms with Crippen molar-refractivity contribution in [1.29, 1.82) is 0 Å². The van der Waals surface area contributed by atoms with Crippen LogP contribution < -0.4 is 5.32 Å². The molecule has 76 valence electrons. The summed E-state index contributed by atoms with van der Waals surface area (Å²) in [6.45, 7) is 3.27. The first-order chi connectivity index (χ1) is 6.09. The van der Waals surface area contributed by atoms with Crippen LogP contribution in [0.5, 0.6) is 0 Å². The molecule has 0 aromatic heterocycles. The number of rotatable bonds is 1. The van der Waals surface area contributed by atoms with Crippen molar-refractivity contribution in [3.05, 3.63) is 0 Å². The van der Waals surface area contributed by atoms with Crippen molar-refractivity contribution >= 4 is 10.0 Å². The molecule has 13 heavy (non-hydrogen) atoms. The minimum absolute atomic E-state index is 0.258. The summed E-state index contributed by atoms with van der Waals surface area (Å²) in [5, 5.41) is 3.19. The van der Waals surface area contributed by atoms with Crippen molar-refractivity contribution in [2.75, 3.05) is 18.8 Å². The molecule has 0 aromatic rings. The van der Waals surface area contributed by atoms with Gasteiger partial charge in [0.15, 0.2) is 0 Å². The Morgan fingerprint density at radius 2 is 2.08 bits per heavy atom. The van der Waals surface area contributed by atoms with Crippen molar-refractivity contribution in [3.63, 3.8) is 0 Å². The third-order valence-electron chi connectivity index (χ3n) is 2.62. The van der Waals surface area contributed by atoms with Crippen molar-refractivity contribution < 1.29 is 8.42 Å². The molecular weight excluding hydrogens is 188 g/mol. The number of hydrogen-bond acceptors (Lipinski definition) is 3. The van der Waals surface area contributed by atoms with Gasteiger partial charge in [-0.3, -0.25) is 0 Å². The quantitative estimate of drug-likeness (QED) is 0.642. The van der Waals surface area contributed by atoms with Crippen LogP contribution in [0.2, 0.25) is 0 Å². The van der Waals surface area contributed by atoms with E-state index in [-0.39, 0.29) is 11.8 Å². The van der Waals surface area contributed by atoms with Crippen LogP contribution in [0.25, 0.3) is 0 Å². The van der Waals surface area contributed by atoms with Gasteiger partial charge in [0.1, 0.15) is 0 Å². The molecule has 2 fully saturated rings. The lowest BCUT2D eigenvalue weighted by molar-refractivity contribution is 0.375. The van der Waals surface area contributed by atoms with E-state index in [1.165, 1.54) is 0 Å². The van der Waals surface area contributed by atoms with Crippen molar-refractivity contribution in [2.45, 2.75) is 31.8 Å². The molecule has 5 heteroatoms. The minimum Gasteiger partial charge on any atom is -0.312 e. The van der Waals surface area contributed by atoms with E-state index in [0.29, 0.717) is 19.1 Å². The number of sulfonamides is 1. The summed E-state index contributed by atoms with van der Waals surface area (Å²) in [5.41, 5.74) is 0. The zero-order valence-corrected chi connectivity index (χ0v) is 8.68. The largest absolute Gasteiger partial charge is 0.312 e. The summed E-state index contributed by atoms with van der Waals surface area (Å²) < 4.78 is 25.1. The van der Waals surface area contributed by atoms with Gasteiger partial charge in [-0.15, -0.1) is 0 Å². The molecule has 1 heterocycles. The van der Waals surface area contributed by atoms with E-state index in [1.807, 2.05) is 6.92 Å². The molecule has 0 amide bonds. The minimum atomic E-state index is -2.96. The Kier molecular flexibility index (Phi) is 2.33. The first kappa shape index (κ1) is 9.43. The Morgan fingerprint density at radius 3 is 2.69 bits per heavy atom. The van der Waals surface area contributed by atoms with Gasteiger partial charge in [0.25, 0.3) is 0 Å². The fourth-order valence-corrected chi connectivity index (χ4v) is 3.46. The lowest BCUT2D eigenvalue weighted by Gasteiger charge is -2.20. The van der Waals surface area contributed by atoms with Crippen LogP contribution >= 0.6 is 0 Å².